The quantitative estimate of drug-likeness (QED) is 0.857. The summed E-state index contributed by atoms with van der Waals surface area (Å²) in [5, 5.41) is 3.80. The minimum absolute atomic E-state index is 0.505. The predicted molar refractivity (Wildman–Crippen MR) is 76.7 cm³/mol. The van der Waals surface area contributed by atoms with E-state index in [9.17, 15) is 0 Å². The molecule has 1 aromatic rings. The summed E-state index contributed by atoms with van der Waals surface area (Å²) < 4.78 is 0. The SMILES string of the molecule is CC1(C)C(CNC2Cc3ccccc3C2)C1(C)C. The van der Waals surface area contributed by atoms with Crippen LogP contribution in [0.5, 0.6) is 0 Å². The Kier molecular flexibility index (Phi) is 2.60. The molecule has 2 aliphatic rings. The molecular weight excluding hydrogens is 218 g/mol. The first-order chi connectivity index (χ1) is 8.43. The van der Waals surface area contributed by atoms with Crippen molar-refractivity contribution in [2.24, 2.45) is 16.7 Å². The third-order valence-corrected chi connectivity index (χ3v) is 5.98. The summed E-state index contributed by atoms with van der Waals surface area (Å²) in [6, 6.07) is 9.54. The van der Waals surface area contributed by atoms with Crippen molar-refractivity contribution in [2.45, 2.75) is 46.6 Å². The third-order valence-electron chi connectivity index (χ3n) is 5.98. The van der Waals surface area contributed by atoms with E-state index in [0.29, 0.717) is 16.9 Å². The van der Waals surface area contributed by atoms with Gasteiger partial charge in [-0.25, -0.2) is 0 Å². The Hall–Kier alpha value is -0.820. The predicted octanol–water partition coefficient (Wildman–Crippen LogP) is 3.43. The highest BCUT2D eigenvalue weighted by Crippen LogP contribution is 2.67. The Bertz CT molecular complexity index is 419. The molecule has 0 spiro atoms. The van der Waals surface area contributed by atoms with Crippen molar-refractivity contribution < 1.29 is 0 Å². The highest BCUT2D eigenvalue weighted by atomic mass is 14.9. The fraction of sp³-hybridized carbons (Fsp3) is 0.647. The molecule has 1 fully saturated rings. The average Bonchev–Trinajstić information content (AvgIpc) is 2.66. The number of hydrogen-bond donors (Lipinski definition) is 1. The fourth-order valence-corrected chi connectivity index (χ4v) is 3.83. The first-order valence-electron chi connectivity index (χ1n) is 7.23. The number of nitrogens with one attached hydrogen (secondary N) is 1. The van der Waals surface area contributed by atoms with Gasteiger partial charge in [0.25, 0.3) is 0 Å². The smallest absolute Gasteiger partial charge is 0.0148 e. The molecule has 0 aliphatic heterocycles. The zero-order valence-corrected chi connectivity index (χ0v) is 12.1. The Morgan fingerprint density at radius 2 is 1.50 bits per heavy atom. The maximum absolute atomic E-state index is 3.80. The molecule has 0 bridgehead atoms. The van der Waals surface area contributed by atoms with E-state index in [1.54, 1.807) is 11.1 Å². The van der Waals surface area contributed by atoms with Crippen molar-refractivity contribution in [3.05, 3.63) is 35.4 Å². The fourth-order valence-electron chi connectivity index (χ4n) is 3.83. The maximum Gasteiger partial charge on any atom is 0.0148 e. The zero-order chi connectivity index (χ0) is 13.0. The van der Waals surface area contributed by atoms with Crippen LogP contribution in [0.15, 0.2) is 24.3 Å². The van der Waals surface area contributed by atoms with Gasteiger partial charge in [0.1, 0.15) is 0 Å². The minimum atomic E-state index is 0.505. The Labute approximate surface area is 111 Å². The van der Waals surface area contributed by atoms with Crippen LogP contribution in [0.25, 0.3) is 0 Å². The molecule has 0 heterocycles. The zero-order valence-electron chi connectivity index (χ0n) is 12.1. The standard InChI is InChI=1S/C17H25N/c1-16(2)15(17(16,3)4)11-18-14-9-12-7-5-6-8-13(12)10-14/h5-8,14-15,18H,9-11H2,1-4H3. The molecular formula is C17H25N. The van der Waals surface area contributed by atoms with Gasteiger partial charge in [0.05, 0.1) is 0 Å². The van der Waals surface area contributed by atoms with Crippen LogP contribution in [0.3, 0.4) is 0 Å². The van der Waals surface area contributed by atoms with Gasteiger partial charge in [0, 0.05) is 6.04 Å². The van der Waals surface area contributed by atoms with E-state index in [1.165, 1.54) is 19.4 Å². The molecule has 18 heavy (non-hydrogen) atoms. The molecule has 3 rings (SSSR count). The van der Waals surface area contributed by atoms with Crippen LogP contribution in [0.2, 0.25) is 0 Å². The molecule has 0 unspecified atom stereocenters. The molecule has 1 saturated carbocycles. The van der Waals surface area contributed by atoms with Crippen LogP contribution in [0.1, 0.15) is 38.8 Å². The lowest BCUT2D eigenvalue weighted by molar-refractivity contribution is 0.457. The van der Waals surface area contributed by atoms with E-state index in [0.717, 1.165) is 5.92 Å². The Balaban J connectivity index is 1.56. The van der Waals surface area contributed by atoms with Gasteiger partial charge in [-0.2, -0.15) is 0 Å². The first kappa shape index (κ1) is 12.2. The van der Waals surface area contributed by atoms with Gasteiger partial charge in [0.2, 0.25) is 0 Å². The van der Waals surface area contributed by atoms with Crippen LogP contribution >= 0.6 is 0 Å². The van der Waals surface area contributed by atoms with Crippen LogP contribution in [0, 0.1) is 16.7 Å². The molecule has 1 heteroatoms. The van der Waals surface area contributed by atoms with E-state index in [1.807, 2.05) is 0 Å². The Morgan fingerprint density at radius 1 is 1.00 bits per heavy atom. The van der Waals surface area contributed by atoms with Crippen molar-refractivity contribution in [3.63, 3.8) is 0 Å². The summed E-state index contributed by atoms with van der Waals surface area (Å²) in [6.07, 6.45) is 2.42. The molecule has 2 aliphatic carbocycles. The van der Waals surface area contributed by atoms with E-state index in [2.05, 4.69) is 57.3 Å². The van der Waals surface area contributed by atoms with Gasteiger partial charge >= 0.3 is 0 Å². The summed E-state index contributed by atoms with van der Waals surface area (Å²) in [5.41, 5.74) is 4.10. The largest absolute Gasteiger partial charge is 0.313 e. The molecule has 98 valence electrons. The van der Waals surface area contributed by atoms with Gasteiger partial charge in [0.15, 0.2) is 0 Å². The second-order valence-corrected chi connectivity index (χ2v) is 7.28. The van der Waals surface area contributed by atoms with Crippen molar-refractivity contribution in [1.82, 2.24) is 5.32 Å². The van der Waals surface area contributed by atoms with Crippen molar-refractivity contribution in [3.8, 4) is 0 Å². The van der Waals surface area contributed by atoms with Crippen LogP contribution in [-0.2, 0) is 12.8 Å². The molecule has 1 N–H and O–H groups in total. The number of benzene rings is 1. The lowest BCUT2D eigenvalue weighted by Crippen LogP contribution is -2.32. The maximum atomic E-state index is 3.80. The third kappa shape index (κ3) is 1.72. The molecule has 0 saturated heterocycles. The topological polar surface area (TPSA) is 12.0 Å². The van der Waals surface area contributed by atoms with Gasteiger partial charge < -0.3 is 5.32 Å². The summed E-state index contributed by atoms with van der Waals surface area (Å²) >= 11 is 0. The van der Waals surface area contributed by atoms with E-state index < -0.39 is 0 Å². The van der Waals surface area contributed by atoms with Crippen LogP contribution in [0.4, 0.5) is 0 Å². The van der Waals surface area contributed by atoms with Crippen molar-refractivity contribution in [2.75, 3.05) is 6.54 Å². The lowest BCUT2D eigenvalue weighted by atomic mass is 10.0. The van der Waals surface area contributed by atoms with Gasteiger partial charge in [-0.3, -0.25) is 0 Å². The summed E-state index contributed by atoms with van der Waals surface area (Å²) in [5.74, 6) is 0.828. The molecule has 0 atom stereocenters. The monoisotopic (exact) mass is 243 g/mol. The molecule has 0 amide bonds. The number of rotatable bonds is 3. The Morgan fingerprint density at radius 3 is 1.94 bits per heavy atom. The molecule has 0 radical (unpaired) electrons. The minimum Gasteiger partial charge on any atom is -0.313 e. The molecule has 1 aromatic carbocycles. The van der Waals surface area contributed by atoms with Crippen LogP contribution < -0.4 is 5.32 Å². The average molecular weight is 243 g/mol. The summed E-state index contributed by atoms with van der Waals surface area (Å²) in [6.45, 7) is 10.8. The lowest BCUT2D eigenvalue weighted by Gasteiger charge is -2.12. The van der Waals surface area contributed by atoms with Crippen LogP contribution in [-0.4, -0.2) is 12.6 Å². The van der Waals surface area contributed by atoms with Crippen molar-refractivity contribution >= 4 is 0 Å². The molecule has 1 nitrogen and oxygen atoms in total. The number of hydrogen-bond acceptors (Lipinski definition) is 1. The van der Waals surface area contributed by atoms with Gasteiger partial charge in [-0.1, -0.05) is 52.0 Å². The molecule has 0 aromatic heterocycles. The first-order valence-corrected chi connectivity index (χ1v) is 7.23. The highest BCUT2D eigenvalue weighted by Gasteiger charge is 2.63. The van der Waals surface area contributed by atoms with E-state index in [-0.39, 0.29) is 0 Å². The van der Waals surface area contributed by atoms with E-state index >= 15 is 0 Å². The van der Waals surface area contributed by atoms with Crippen molar-refractivity contribution in [1.29, 1.82) is 0 Å². The van der Waals surface area contributed by atoms with Gasteiger partial charge in [-0.05, 0) is 47.3 Å². The van der Waals surface area contributed by atoms with E-state index in [4.69, 9.17) is 0 Å². The number of fused-ring (bicyclic) bond motifs is 1. The summed E-state index contributed by atoms with van der Waals surface area (Å²) in [7, 11) is 0. The van der Waals surface area contributed by atoms with Gasteiger partial charge in [-0.15, -0.1) is 0 Å². The second kappa shape index (κ2) is 3.84. The summed E-state index contributed by atoms with van der Waals surface area (Å²) in [4.78, 5) is 0. The normalized spacial score (nSPS) is 25.1. The second-order valence-electron chi connectivity index (χ2n) is 7.28. The highest BCUT2D eigenvalue weighted by molar-refractivity contribution is 5.33.